The van der Waals surface area contributed by atoms with Crippen LogP contribution in [0, 0.1) is 0 Å². The highest BCUT2D eigenvalue weighted by Crippen LogP contribution is 2.25. The average Bonchev–Trinajstić information content (AvgIpc) is 2.69. The van der Waals surface area contributed by atoms with E-state index >= 15 is 0 Å². The Hall–Kier alpha value is -2.24. The minimum Gasteiger partial charge on any atom is -0.496 e. The molecule has 1 aliphatic heterocycles. The van der Waals surface area contributed by atoms with Crippen molar-refractivity contribution in [2.75, 3.05) is 45.4 Å². The van der Waals surface area contributed by atoms with Crippen molar-refractivity contribution in [1.29, 1.82) is 0 Å². The zero-order valence-electron chi connectivity index (χ0n) is 15.8. The molecule has 0 radical (unpaired) electrons. The first-order chi connectivity index (χ1) is 13.1. The van der Waals surface area contributed by atoms with E-state index in [0.29, 0.717) is 17.3 Å². The molecule has 0 spiro atoms. The number of nitrogens with zero attached hydrogens (tertiary/aromatic N) is 2. The Labute approximate surface area is 165 Å². The van der Waals surface area contributed by atoms with Crippen LogP contribution in [0.3, 0.4) is 0 Å². The van der Waals surface area contributed by atoms with Gasteiger partial charge >= 0.3 is 0 Å². The summed E-state index contributed by atoms with van der Waals surface area (Å²) in [6.07, 6.45) is 0.250. The van der Waals surface area contributed by atoms with Crippen LogP contribution in [0.1, 0.15) is 11.1 Å². The lowest BCUT2D eigenvalue weighted by molar-refractivity contribution is -0.129. The molecular formula is C21H25ClN2O3. The topological polar surface area (TPSA) is 42.0 Å². The van der Waals surface area contributed by atoms with Gasteiger partial charge in [-0.1, -0.05) is 29.8 Å². The van der Waals surface area contributed by atoms with E-state index in [0.717, 1.165) is 37.4 Å². The number of halogens is 1. The summed E-state index contributed by atoms with van der Waals surface area (Å²) in [6, 6.07) is 13.6. The zero-order chi connectivity index (χ0) is 19.2. The lowest BCUT2D eigenvalue weighted by Gasteiger charge is -2.31. The predicted octanol–water partition coefficient (Wildman–Crippen LogP) is 3.39. The summed E-state index contributed by atoms with van der Waals surface area (Å²) < 4.78 is 10.8. The van der Waals surface area contributed by atoms with Crippen molar-refractivity contribution in [3.8, 4) is 5.75 Å². The van der Waals surface area contributed by atoms with Crippen molar-refractivity contribution in [2.45, 2.75) is 13.0 Å². The third-order valence-corrected chi connectivity index (χ3v) is 5.00. The maximum atomic E-state index is 12.8. The number of rotatable bonds is 6. The number of hydrogen-bond donors (Lipinski definition) is 0. The highest BCUT2D eigenvalue weighted by Gasteiger charge is 2.18. The molecule has 0 bridgehead atoms. The second kappa shape index (κ2) is 9.11. The number of morpholine rings is 1. The van der Waals surface area contributed by atoms with Crippen molar-refractivity contribution < 1.29 is 14.3 Å². The second-order valence-corrected chi connectivity index (χ2v) is 7.05. The number of ether oxygens (including phenoxy) is 2. The second-order valence-electron chi connectivity index (χ2n) is 6.61. The summed E-state index contributed by atoms with van der Waals surface area (Å²) in [7, 11) is 3.43. The Kier molecular flexibility index (Phi) is 6.58. The first kappa shape index (κ1) is 19.5. The Morgan fingerprint density at radius 1 is 1.19 bits per heavy atom. The van der Waals surface area contributed by atoms with Crippen molar-refractivity contribution in [1.82, 2.24) is 4.90 Å². The van der Waals surface area contributed by atoms with Crippen LogP contribution in [0.15, 0.2) is 42.5 Å². The largest absolute Gasteiger partial charge is 0.496 e. The summed E-state index contributed by atoms with van der Waals surface area (Å²) in [4.78, 5) is 16.8. The standard InChI is InChI=1S/C21H25ClN2O3/c1-23(21(25)14-17-13-18(22)7-8-20(17)26-2)15-16-5-3-4-6-19(16)24-9-11-27-12-10-24/h3-8,13H,9-12,14-15H2,1-2H3. The molecule has 0 atom stereocenters. The molecule has 144 valence electrons. The third kappa shape index (κ3) is 4.93. The lowest BCUT2D eigenvalue weighted by Crippen LogP contribution is -2.37. The van der Waals surface area contributed by atoms with Crippen LogP contribution in [0.5, 0.6) is 5.75 Å². The minimum absolute atomic E-state index is 0.0207. The Morgan fingerprint density at radius 2 is 1.93 bits per heavy atom. The van der Waals surface area contributed by atoms with Crippen LogP contribution in [-0.4, -0.2) is 51.3 Å². The Morgan fingerprint density at radius 3 is 2.67 bits per heavy atom. The van der Waals surface area contributed by atoms with E-state index in [4.69, 9.17) is 21.1 Å². The van der Waals surface area contributed by atoms with Gasteiger partial charge in [0.2, 0.25) is 5.91 Å². The quantitative estimate of drug-likeness (QED) is 0.760. The van der Waals surface area contributed by atoms with E-state index in [-0.39, 0.29) is 12.3 Å². The monoisotopic (exact) mass is 388 g/mol. The van der Waals surface area contributed by atoms with Crippen LogP contribution in [0.25, 0.3) is 0 Å². The van der Waals surface area contributed by atoms with Crippen LogP contribution in [0.2, 0.25) is 5.02 Å². The van der Waals surface area contributed by atoms with E-state index in [1.54, 1.807) is 30.2 Å². The molecule has 1 amide bonds. The lowest BCUT2D eigenvalue weighted by atomic mass is 10.1. The van der Waals surface area contributed by atoms with Gasteiger partial charge in [-0.2, -0.15) is 0 Å². The smallest absolute Gasteiger partial charge is 0.227 e. The molecule has 0 aromatic heterocycles. The number of para-hydroxylation sites is 1. The first-order valence-corrected chi connectivity index (χ1v) is 9.43. The van der Waals surface area contributed by atoms with Gasteiger partial charge in [-0.25, -0.2) is 0 Å². The molecule has 0 N–H and O–H groups in total. The fraction of sp³-hybridized carbons (Fsp3) is 0.381. The van der Waals surface area contributed by atoms with E-state index in [1.165, 1.54) is 5.69 Å². The summed E-state index contributed by atoms with van der Waals surface area (Å²) in [5, 5.41) is 0.596. The summed E-state index contributed by atoms with van der Waals surface area (Å²) in [5.74, 6) is 0.696. The maximum Gasteiger partial charge on any atom is 0.227 e. The van der Waals surface area contributed by atoms with Crippen LogP contribution >= 0.6 is 11.6 Å². The van der Waals surface area contributed by atoms with Gasteiger partial charge in [-0.15, -0.1) is 0 Å². The zero-order valence-corrected chi connectivity index (χ0v) is 16.5. The van der Waals surface area contributed by atoms with Gasteiger partial charge in [0.15, 0.2) is 0 Å². The van der Waals surface area contributed by atoms with E-state index < -0.39 is 0 Å². The van der Waals surface area contributed by atoms with E-state index in [2.05, 4.69) is 17.0 Å². The Balaban J connectivity index is 1.71. The number of methoxy groups -OCH3 is 1. The summed E-state index contributed by atoms with van der Waals surface area (Å²) in [5.41, 5.74) is 3.09. The number of carbonyl (C=O) groups excluding carboxylic acids is 1. The SMILES string of the molecule is COc1ccc(Cl)cc1CC(=O)N(C)Cc1ccccc1N1CCOCC1. The minimum atomic E-state index is 0.0207. The third-order valence-electron chi connectivity index (χ3n) is 4.76. The number of anilines is 1. The van der Waals surface area contributed by atoms with Crippen molar-refractivity contribution in [3.05, 3.63) is 58.6 Å². The molecule has 1 heterocycles. The molecule has 0 saturated carbocycles. The average molecular weight is 389 g/mol. The molecule has 27 heavy (non-hydrogen) atoms. The molecule has 1 aliphatic rings. The van der Waals surface area contributed by atoms with Gasteiger partial charge in [-0.3, -0.25) is 4.79 Å². The first-order valence-electron chi connectivity index (χ1n) is 9.05. The molecule has 2 aromatic rings. The van der Waals surface area contributed by atoms with Gasteiger partial charge in [0.25, 0.3) is 0 Å². The number of hydrogen-bond acceptors (Lipinski definition) is 4. The number of carbonyl (C=O) groups is 1. The normalized spacial score (nSPS) is 14.1. The van der Waals surface area contributed by atoms with Crippen molar-refractivity contribution in [3.63, 3.8) is 0 Å². The van der Waals surface area contributed by atoms with Crippen LogP contribution in [0.4, 0.5) is 5.69 Å². The fourth-order valence-corrected chi connectivity index (χ4v) is 3.48. The highest BCUT2D eigenvalue weighted by atomic mass is 35.5. The van der Waals surface area contributed by atoms with Crippen LogP contribution < -0.4 is 9.64 Å². The highest BCUT2D eigenvalue weighted by molar-refractivity contribution is 6.30. The molecule has 6 heteroatoms. The number of amides is 1. The van der Waals surface area contributed by atoms with Gasteiger partial charge < -0.3 is 19.3 Å². The van der Waals surface area contributed by atoms with Crippen molar-refractivity contribution >= 4 is 23.2 Å². The molecule has 2 aromatic carbocycles. The Bertz CT molecular complexity index is 791. The number of likely N-dealkylation sites (N-methyl/N-ethyl adjacent to an activating group) is 1. The summed E-state index contributed by atoms with van der Waals surface area (Å²) in [6.45, 7) is 3.76. The fourth-order valence-electron chi connectivity index (χ4n) is 3.28. The van der Waals surface area contributed by atoms with Crippen molar-refractivity contribution in [2.24, 2.45) is 0 Å². The van der Waals surface area contributed by atoms with Gasteiger partial charge in [0, 0.05) is 43.0 Å². The molecule has 1 saturated heterocycles. The van der Waals surface area contributed by atoms with E-state index in [1.807, 2.05) is 19.2 Å². The molecular weight excluding hydrogens is 364 g/mol. The van der Waals surface area contributed by atoms with E-state index in [9.17, 15) is 4.79 Å². The summed E-state index contributed by atoms with van der Waals surface area (Å²) >= 11 is 6.08. The van der Waals surface area contributed by atoms with Gasteiger partial charge in [0.1, 0.15) is 5.75 Å². The molecule has 0 unspecified atom stereocenters. The molecule has 3 rings (SSSR count). The maximum absolute atomic E-state index is 12.8. The molecule has 5 nitrogen and oxygen atoms in total. The van der Waals surface area contributed by atoms with Crippen LogP contribution in [-0.2, 0) is 22.5 Å². The van der Waals surface area contributed by atoms with Gasteiger partial charge in [0.05, 0.1) is 26.7 Å². The molecule has 1 fully saturated rings. The molecule has 0 aliphatic carbocycles. The number of benzene rings is 2. The van der Waals surface area contributed by atoms with Gasteiger partial charge in [-0.05, 0) is 29.8 Å². The predicted molar refractivity (Wildman–Crippen MR) is 108 cm³/mol.